The summed E-state index contributed by atoms with van der Waals surface area (Å²) in [4.78, 5) is 11.8. The highest BCUT2D eigenvalue weighted by Crippen LogP contribution is 2.18. The van der Waals surface area contributed by atoms with Crippen LogP contribution in [0.5, 0.6) is 0 Å². The third-order valence-corrected chi connectivity index (χ3v) is 5.30. The van der Waals surface area contributed by atoms with Gasteiger partial charge < -0.3 is 4.74 Å². The smallest absolute Gasteiger partial charge is 0.366 e. The van der Waals surface area contributed by atoms with Crippen molar-refractivity contribution in [3.8, 4) is 0 Å². The summed E-state index contributed by atoms with van der Waals surface area (Å²) in [7, 11) is -2.81. The van der Waals surface area contributed by atoms with Gasteiger partial charge in [0.05, 0.1) is 7.11 Å². The summed E-state index contributed by atoms with van der Waals surface area (Å²) < 4.78 is 33.3. The average Bonchev–Trinajstić information content (AvgIpc) is 2.63. The fraction of sp³-hybridized carbons (Fsp3) is 0.176. The van der Waals surface area contributed by atoms with E-state index in [9.17, 15) is 13.2 Å². The Hall–Kier alpha value is -2.03. The zero-order valence-electron chi connectivity index (χ0n) is 13.8. The monoisotopic (exact) mass is 413 g/mol. The first-order chi connectivity index (χ1) is 12.4. The van der Waals surface area contributed by atoms with Gasteiger partial charge in [0.2, 0.25) is 5.04 Å². The van der Waals surface area contributed by atoms with Crippen molar-refractivity contribution in [3.63, 3.8) is 0 Å². The van der Waals surface area contributed by atoms with E-state index in [0.29, 0.717) is 16.3 Å². The van der Waals surface area contributed by atoms with Gasteiger partial charge in [0.25, 0.3) is 0 Å². The van der Waals surface area contributed by atoms with Gasteiger partial charge in [-0.15, -0.1) is 0 Å². The third kappa shape index (κ3) is 6.70. The lowest BCUT2D eigenvalue weighted by Gasteiger charge is -2.06. The molecule has 0 N–H and O–H groups in total. The zero-order chi connectivity index (χ0) is 19.0. The fourth-order valence-electron chi connectivity index (χ4n) is 1.84. The number of hydrogen-bond donors (Lipinski definition) is 0. The van der Waals surface area contributed by atoms with Crippen LogP contribution in [0, 0.1) is 0 Å². The Morgan fingerprint density at radius 1 is 1.08 bits per heavy atom. The van der Waals surface area contributed by atoms with Crippen LogP contribution >= 0.6 is 23.4 Å². The minimum absolute atomic E-state index is 0.195. The number of nitrogens with zero attached hydrogens (tertiary/aromatic N) is 1. The Morgan fingerprint density at radius 3 is 2.35 bits per heavy atom. The molecule has 0 radical (unpaired) electrons. The molecule has 0 saturated heterocycles. The minimum atomic E-state index is -3.99. The number of methoxy groups -OCH3 is 1. The second kappa shape index (κ2) is 9.61. The number of thioether (sulfide) groups is 1. The molecule has 2 rings (SSSR count). The Bertz CT molecular complexity index is 868. The molecular weight excluding hydrogens is 398 g/mol. The van der Waals surface area contributed by atoms with E-state index in [1.165, 1.54) is 7.11 Å². The average molecular weight is 414 g/mol. The summed E-state index contributed by atoms with van der Waals surface area (Å²) in [6.07, 6.45) is 0. The fourth-order valence-corrected chi connectivity index (χ4v) is 3.64. The second-order valence-electron chi connectivity index (χ2n) is 5.07. The van der Waals surface area contributed by atoms with Gasteiger partial charge >= 0.3 is 16.1 Å². The largest absolute Gasteiger partial charge is 0.464 e. The molecule has 0 aliphatic heterocycles. The van der Waals surface area contributed by atoms with E-state index >= 15 is 0 Å². The van der Waals surface area contributed by atoms with Crippen molar-refractivity contribution in [2.45, 2.75) is 11.5 Å². The number of oxime groups is 1. The lowest BCUT2D eigenvalue weighted by atomic mass is 10.2. The molecule has 9 heteroatoms. The van der Waals surface area contributed by atoms with Crippen LogP contribution in [0.2, 0.25) is 5.02 Å². The summed E-state index contributed by atoms with van der Waals surface area (Å²) in [6.45, 7) is 0. The molecule has 0 heterocycles. The molecule has 0 aliphatic rings. The molecule has 6 nitrogen and oxygen atoms in total. The highest BCUT2D eigenvalue weighted by Gasteiger charge is 2.18. The van der Waals surface area contributed by atoms with Crippen LogP contribution in [0.15, 0.2) is 59.8 Å². The summed E-state index contributed by atoms with van der Waals surface area (Å²) in [5.74, 6) is -0.764. The Labute approximate surface area is 161 Å². The van der Waals surface area contributed by atoms with E-state index in [1.54, 1.807) is 54.6 Å². The van der Waals surface area contributed by atoms with E-state index in [-0.39, 0.29) is 10.8 Å². The van der Waals surface area contributed by atoms with Crippen LogP contribution in [-0.4, -0.2) is 26.5 Å². The van der Waals surface area contributed by atoms with Crippen LogP contribution in [0.25, 0.3) is 0 Å². The topological polar surface area (TPSA) is 82.0 Å². The Morgan fingerprint density at radius 2 is 1.73 bits per heavy atom. The zero-order valence-corrected chi connectivity index (χ0v) is 16.2. The molecule has 0 bridgehead atoms. The maximum absolute atomic E-state index is 12.0. The predicted molar refractivity (Wildman–Crippen MR) is 102 cm³/mol. The van der Waals surface area contributed by atoms with Crippen molar-refractivity contribution in [3.05, 3.63) is 70.7 Å². The molecule has 0 aromatic heterocycles. The van der Waals surface area contributed by atoms with Gasteiger partial charge in [0.15, 0.2) is 0 Å². The molecule has 0 unspecified atom stereocenters. The van der Waals surface area contributed by atoms with Crippen LogP contribution in [0.4, 0.5) is 0 Å². The van der Waals surface area contributed by atoms with E-state index in [0.717, 1.165) is 17.3 Å². The minimum Gasteiger partial charge on any atom is -0.464 e. The molecule has 2 aromatic rings. The van der Waals surface area contributed by atoms with Crippen molar-refractivity contribution in [2.75, 3.05) is 7.11 Å². The van der Waals surface area contributed by atoms with Gasteiger partial charge in [-0.2, -0.15) is 8.42 Å². The number of rotatable bonds is 6. The number of carbonyl (C=O) groups excluding carboxylic acids is 1. The quantitative estimate of drug-likeness (QED) is 0.311. The summed E-state index contributed by atoms with van der Waals surface area (Å²) in [5.41, 5.74) is 1.43. The Balaban J connectivity index is 2.05. The normalized spacial score (nSPS) is 11.8. The first kappa shape index (κ1) is 20.3. The van der Waals surface area contributed by atoms with Gasteiger partial charge in [-0.3, -0.25) is 4.28 Å². The maximum atomic E-state index is 12.0. The van der Waals surface area contributed by atoms with Crippen molar-refractivity contribution in [1.82, 2.24) is 0 Å². The number of hydrogen-bond acceptors (Lipinski definition) is 7. The van der Waals surface area contributed by atoms with E-state index in [4.69, 9.17) is 11.6 Å². The molecule has 2 aromatic carbocycles. The molecule has 26 heavy (non-hydrogen) atoms. The number of halogens is 1. The third-order valence-electron chi connectivity index (χ3n) is 3.07. The lowest BCUT2D eigenvalue weighted by Crippen LogP contribution is -2.15. The summed E-state index contributed by atoms with van der Waals surface area (Å²) >= 11 is 6.83. The van der Waals surface area contributed by atoms with E-state index in [1.807, 2.05) is 0 Å². The van der Waals surface area contributed by atoms with Gasteiger partial charge in [-0.05, 0) is 23.3 Å². The van der Waals surface area contributed by atoms with Gasteiger partial charge in [-0.1, -0.05) is 71.0 Å². The molecule has 0 atom stereocenters. The highest BCUT2D eigenvalue weighted by molar-refractivity contribution is 8.15. The molecule has 0 fully saturated rings. The molecule has 0 saturated carbocycles. The molecule has 0 spiro atoms. The van der Waals surface area contributed by atoms with Crippen LogP contribution in [0.3, 0.4) is 0 Å². The van der Waals surface area contributed by atoms with Gasteiger partial charge in [0, 0.05) is 10.8 Å². The summed E-state index contributed by atoms with van der Waals surface area (Å²) in [5, 5.41) is 3.88. The first-order valence-corrected chi connectivity index (χ1v) is 10.3. The Kier molecular flexibility index (Phi) is 7.50. The molecule has 0 amide bonds. The van der Waals surface area contributed by atoms with E-state index < -0.39 is 16.1 Å². The SMILES string of the molecule is COC(=O)/C(=N/OS(=O)(=O)Cc1ccccc1)SCc1ccc(Cl)cc1. The lowest BCUT2D eigenvalue weighted by molar-refractivity contribution is -0.132. The van der Waals surface area contributed by atoms with Crippen LogP contribution in [0.1, 0.15) is 11.1 Å². The first-order valence-electron chi connectivity index (χ1n) is 7.38. The number of ether oxygens (including phenoxy) is 1. The van der Waals surface area contributed by atoms with Gasteiger partial charge in [-0.25, -0.2) is 4.79 Å². The van der Waals surface area contributed by atoms with Crippen LogP contribution in [-0.2, 0) is 35.4 Å². The van der Waals surface area contributed by atoms with Gasteiger partial charge in [0.1, 0.15) is 5.75 Å². The second-order valence-corrected chi connectivity index (χ2v) is 8.02. The summed E-state index contributed by atoms with van der Waals surface area (Å²) in [6, 6.07) is 15.5. The van der Waals surface area contributed by atoms with Crippen LogP contribution < -0.4 is 0 Å². The number of carbonyl (C=O) groups is 1. The van der Waals surface area contributed by atoms with Crippen molar-refractivity contribution >= 4 is 44.5 Å². The predicted octanol–water partition coefficient (Wildman–Crippen LogP) is 3.61. The number of benzene rings is 2. The van der Waals surface area contributed by atoms with Crippen molar-refractivity contribution in [1.29, 1.82) is 0 Å². The van der Waals surface area contributed by atoms with Crippen molar-refractivity contribution < 1.29 is 22.2 Å². The van der Waals surface area contributed by atoms with Crippen molar-refractivity contribution in [2.24, 2.45) is 5.16 Å². The standard InChI is InChI=1S/C17H16ClNO5S2/c1-23-17(20)16(25-11-13-7-9-15(18)10-8-13)19-24-26(21,22)12-14-5-3-2-4-6-14/h2-10H,11-12H2,1H3/b19-16-. The molecular formula is C17H16ClNO5S2. The highest BCUT2D eigenvalue weighted by atomic mass is 35.5. The molecule has 138 valence electrons. The maximum Gasteiger partial charge on any atom is 0.366 e. The van der Waals surface area contributed by atoms with E-state index in [2.05, 4.69) is 14.2 Å². The molecule has 0 aliphatic carbocycles. The number of esters is 1.